The lowest BCUT2D eigenvalue weighted by Crippen LogP contribution is -1.97. The zero-order chi connectivity index (χ0) is 15.9. The highest BCUT2D eigenvalue weighted by molar-refractivity contribution is 7.22. The number of fused-ring (bicyclic) bond motifs is 3. The molecule has 0 radical (unpaired) electrons. The van der Waals surface area contributed by atoms with Gasteiger partial charge in [-0.05, 0) is 12.1 Å². The van der Waals surface area contributed by atoms with Gasteiger partial charge in [-0.25, -0.2) is 4.79 Å². The smallest absolute Gasteiger partial charge is 0.351 e. The molecule has 114 valence electrons. The SMILES string of the molecule is COC(=O)c1sc2c(cnc3c(OC)ccc(OC)c32)c1O. The lowest BCUT2D eigenvalue weighted by molar-refractivity contribution is 0.0603. The molecule has 3 aromatic rings. The van der Waals surface area contributed by atoms with Crippen LogP contribution in [0.15, 0.2) is 18.3 Å². The number of esters is 1. The molecule has 0 atom stereocenters. The van der Waals surface area contributed by atoms with Crippen LogP contribution in [0.2, 0.25) is 0 Å². The van der Waals surface area contributed by atoms with Crippen LogP contribution in [0.3, 0.4) is 0 Å². The van der Waals surface area contributed by atoms with E-state index in [0.717, 1.165) is 11.3 Å². The molecule has 3 rings (SSSR count). The molecular weight excluding hydrogens is 306 g/mol. The van der Waals surface area contributed by atoms with E-state index in [1.54, 1.807) is 26.4 Å². The summed E-state index contributed by atoms with van der Waals surface area (Å²) in [5.41, 5.74) is 0.604. The molecule has 0 unspecified atom stereocenters. The van der Waals surface area contributed by atoms with E-state index < -0.39 is 5.97 Å². The van der Waals surface area contributed by atoms with Crippen LogP contribution in [0.5, 0.6) is 17.2 Å². The molecule has 0 aliphatic carbocycles. The standard InChI is InChI=1S/C15H13NO5S/c1-19-8-4-5-9(20-2)11-10(8)13-7(6-16-11)12(17)14(22-13)15(18)21-3/h4-6,17H,1-3H3. The predicted octanol–water partition coefficient (Wildman–Crippen LogP) is 2.96. The maximum atomic E-state index is 11.8. The van der Waals surface area contributed by atoms with Gasteiger partial charge in [0.2, 0.25) is 0 Å². The Hall–Kier alpha value is -2.54. The van der Waals surface area contributed by atoms with Crippen molar-refractivity contribution in [2.75, 3.05) is 21.3 Å². The number of benzene rings is 1. The highest BCUT2D eigenvalue weighted by atomic mass is 32.1. The van der Waals surface area contributed by atoms with Gasteiger partial charge in [-0.2, -0.15) is 0 Å². The van der Waals surface area contributed by atoms with Crippen molar-refractivity contribution in [3.8, 4) is 17.2 Å². The van der Waals surface area contributed by atoms with E-state index in [1.807, 2.05) is 0 Å². The second kappa shape index (κ2) is 5.34. The van der Waals surface area contributed by atoms with Crippen molar-refractivity contribution in [3.05, 3.63) is 23.2 Å². The summed E-state index contributed by atoms with van der Waals surface area (Å²) in [5.74, 6) is 0.455. The lowest BCUT2D eigenvalue weighted by atomic mass is 10.1. The summed E-state index contributed by atoms with van der Waals surface area (Å²) >= 11 is 1.13. The Labute approximate surface area is 129 Å². The number of aromatic hydroxyl groups is 1. The summed E-state index contributed by atoms with van der Waals surface area (Å²) in [6.07, 6.45) is 1.51. The summed E-state index contributed by atoms with van der Waals surface area (Å²) in [5, 5.41) is 11.4. The van der Waals surface area contributed by atoms with Crippen molar-refractivity contribution in [2.24, 2.45) is 0 Å². The fraction of sp³-hybridized carbons (Fsp3) is 0.200. The molecule has 6 nitrogen and oxygen atoms in total. The summed E-state index contributed by atoms with van der Waals surface area (Å²) in [6, 6.07) is 3.52. The van der Waals surface area contributed by atoms with Crippen molar-refractivity contribution in [1.29, 1.82) is 0 Å². The molecule has 0 aliphatic rings. The number of ether oxygens (including phenoxy) is 3. The number of aromatic nitrogens is 1. The number of hydrogen-bond acceptors (Lipinski definition) is 7. The van der Waals surface area contributed by atoms with Crippen LogP contribution >= 0.6 is 11.3 Å². The maximum Gasteiger partial charge on any atom is 0.351 e. The summed E-state index contributed by atoms with van der Waals surface area (Å²) in [4.78, 5) is 16.2. The van der Waals surface area contributed by atoms with Crippen molar-refractivity contribution >= 4 is 38.3 Å². The molecule has 1 N–H and O–H groups in total. The molecule has 0 saturated carbocycles. The van der Waals surface area contributed by atoms with Crippen LogP contribution < -0.4 is 9.47 Å². The van der Waals surface area contributed by atoms with Gasteiger partial charge in [-0.3, -0.25) is 4.98 Å². The van der Waals surface area contributed by atoms with E-state index in [0.29, 0.717) is 32.5 Å². The number of rotatable bonds is 3. The number of methoxy groups -OCH3 is 3. The Morgan fingerprint density at radius 3 is 2.50 bits per heavy atom. The third-order valence-electron chi connectivity index (χ3n) is 3.38. The zero-order valence-electron chi connectivity index (χ0n) is 12.2. The van der Waals surface area contributed by atoms with E-state index in [9.17, 15) is 9.90 Å². The second-order valence-corrected chi connectivity index (χ2v) is 5.49. The van der Waals surface area contributed by atoms with Crippen LogP contribution in [0.25, 0.3) is 21.0 Å². The minimum atomic E-state index is -0.589. The first kappa shape index (κ1) is 14.4. The van der Waals surface area contributed by atoms with Crippen molar-refractivity contribution in [1.82, 2.24) is 4.98 Å². The van der Waals surface area contributed by atoms with Gasteiger partial charge in [0.05, 0.1) is 36.8 Å². The monoisotopic (exact) mass is 319 g/mol. The number of pyridine rings is 1. The van der Waals surface area contributed by atoms with Gasteiger partial charge in [-0.15, -0.1) is 11.3 Å². The molecule has 0 saturated heterocycles. The van der Waals surface area contributed by atoms with E-state index >= 15 is 0 Å². The number of hydrogen-bond donors (Lipinski definition) is 1. The largest absolute Gasteiger partial charge is 0.505 e. The van der Waals surface area contributed by atoms with Crippen molar-refractivity contribution in [3.63, 3.8) is 0 Å². The molecule has 22 heavy (non-hydrogen) atoms. The van der Waals surface area contributed by atoms with Gasteiger partial charge in [0.15, 0.2) is 4.88 Å². The molecule has 0 aliphatic heterocycles. The lowest BCUT2D eigenvalue weighted by Gasteiger charge is -2.09. The van der Waals surface area contributed by atoms with Gasteiger partial charge < -0.3 is 19.3 Å². The van der Waals surface area contributed by atoms with E-state index in [-0.39, 0.29) is 10.6 Å². The first-order valence-electron chi connectivity index (χ1n) is 6.35. The highest BCUT2D eigenvalue weighted by Crippen LogP contribution is 2.44. The van der Waals surface area contributed by atoms with Crippen LogP contribution in [0.1, 0.15) is 9.67 Å². The van der Waals surface area contributed by atoms with Crippen molar-refractivity contribution in [2.45, 2.75) is 0 Å². The Kier molecular flexibility index (Phi) is 3.50. The number of carbonyl (C=O) groups excluding carboxylic acids is 1. The molecule has 2 heterocycles. The quantitative estimate of drug-likeness (QED) is 0.748. The summed E-state index contributed by atoms with van der Waals surface area (Å²) in [7, 11) is 4.37. The van der Waals surface area contributed by atoms with Crippen LogP contribution in [-0.2, 0) is 4.74 Å². The van der Waals surface area contributed by atoms with Gasteiger partial charge in [0.25, 0.3) is 0 Å². The summed E-state index contributed by atoms with van der Waals surface area (Å²) in [6.45, 7) is 0. The van der Waals surface area contributed by atoms with E-state index in [1.165, 1.54) is 13.3 Å². The molecular formula is C15H13NO5S. The third-order valence-corrected chi connectivity index (χ3v) is 4.57. The third kappa shape index (κ3) is 1.93. The van der Waals surface area contributed by atoms with Crippen LogP contribution in [0.4, 0.5) is 0 Å². The molecule has 0 fully saturated rings. The Balaban J connectivity index is 2.47. The van der Waals surface area contributed by atoms with Crippen LogP contribution in [0, 0.1) is 0 Å². The average Bonchev–Trinajstić information content (AvgIpc) is 2.90. The van der Waals surface area contributed by atoms with Gasteiger partial charge in [-0.1, -0.05) is 0 Å². The van der Waals surface area contributed by atoms with Gasteiger partial charge in [0.1, 0.15) is 22.8 Å². The van der Waals surface area contributed by atoms with Gasteiger partial charge in [0, 0.05) is 6.20 Å². The fourth-order valence-corrected chi connectivity index (χ4v) is 3.47. The van der Waals surface area contributed by atoms with Crippen molar-refractivity contribution < 1.29 is 24.1 Å². The Bertz CT molecular complexity index is 887. The molecule has 0 spiro atoms. The van der Waals surface area contributed by atoms with Gasteiger partial charge >= 0.3 is 5.97 Å². The fourth-order valence-electron chi connectivity index (χ4n) is 2.34. The topological polar surface area (TPSA) is 77.9 Å². The van der Waals surface area contributed by atoms with E-state index in [4.69, 9.17) is 14.2 Å². The normalized spacial score (nSPS) is 10.9. The maximum absolute atomic E-state index is 11.8. The minimum absolute atomic E-state index is 0.133. The first-order chi connectivity index (χ1) is 10.6. The molecule has 0 bridgehead atoms. The minimum Gasteiger partial charge on any atom is -0.505 e. The highest BCUT2D eigenvalue weighted by Gasteiger charge is 2.22. The molecule has 7 heteroatoms. The number of nitrogens with zero attached hydrogens (tertiary/aromatic N) is 1. The summed E-state index contributed by atoms with van der Waals surface area (Å²) < 4.78 is 16.1. The first-order valence-corrected chi connectivity index (χ1v) is 7.17. The number of carbonyl (C=O) groups is 1. The molecule has 0 amide bonds. The second-order valence-electron chi connectivity index (χ2n) is 4.47. The Morgan fingerprint density at radius 1 is 1.18 bits per heavy atom. The zero-order valence-corrected chi connectivity index (χ0v) is 13.0. The molecule has 2 aromatic heterocycles. The number of thiophene rings is 1. The Morgan fingerprint density at radius 2 is 1.86 bits per heavy atom. The molecule has 1 aromatic carbocycles. The predicted molar refractivity (Wildman–Crippen MR) is 83.2 cm³/mol. The average molecular weight is 319 g/mol. The van der Waals surface area contributed by atoms with E-state index in [2.05, 4.69) is 4.98 Å². The van der Waals surface area contributed by atoms with Crippen LogP contribution in [-0.4, -0.2) is 37.4 Å².